The number of hydrogen-bond donors (Lipinski definition) is 2. The van der Waals surface area contributed by atoms with Gasteiger partial charge in [0.2, 0.25) is 11.1 Å². The number of nitrogens with zero attached hydrogens (tertiary/aromatic N) is 3. The number of nitrogens with one attached hydrogen (secondary N) is 2. The lowest BCUT2D eigenvalue weighted by Crippen LogP contribution is -2.31. The summed E-state index contributed by atoms with van der Waals surface area (Å²) in [5.41, 5.74) is 2.60. The number of para-hydroxylation sites is 2. The van der Waals surface area contributed by atoms with Gasteiger partial charge in [-0.05, 0) is 49.4 Å². The monoisotopic (exact) mass is 495 g/mol. The number of carbonyl (C=O) groups excluding carboxylic acids is 1. The van der Waals surface area contributed by atoms with Gasteiger partial charge in [0.05, 0.1) is 32.1 Å². The number of ether oxygens (including phenoxy) is 3. The van der Waals surface area contributed by atoms with Gasteiger partial charge in [0.15, 0.2) is 11.5 Å². The van der Waals surface area contributed by atoms with Gasteiger partial charge < -0.3 is 24.8 Å². The highest BCUT2D eigenvalue weighted by Crippen LogP contribution is 2.40. The predicted molar refractivity (Wildman–Crippen MR) is 137 cm³/mol. The molecular weight excluding hydrogens is 466 g/mol. The molecule has 1 atom stereocenters. The van der Waals surface area contributed by atoms with Crippen molar-refractivity contribution < 1.29 is 19.0 Å². The summed E-state index contributed by atoms with van der Waals surface area (Å²) in [6, 6.07) is 12.4. The molecule has 9 nitrogen and oxygen atoms in total. The number of anilines is 2. The van der Waals surface area contributed by atoms with E-state index in [1.165, 1.54) is 11.8 Å². The van der Waals surface area contributed by atoms with Crippen molar-refractivity contribution in [2.75, 3.05) is 37.2 Å². The van der Waals surface area contributed by atoms with E-state index < -0.39 is 6.04 Å². The van der Waals surface area contributed by atoms with Gasteiger partial charge in [-0.1, -0.05) is 36.9 Å². The fourth-order valence-electron chi connectivity index (χ4n) is 3.99. The van der Waals surface area contributed by atoms with Crippen LogP contribution in [-0.2, 0) is 4.79 Å². The number of benzene rings is 2. The van der Waals surface area contributed by atoms with Crippen LogP contribution in [0.5, 0.6) is 17.2 Å². The molecule has 1 aromatic heterocycles. The number of carbonyl (C=O) groups is 1. The van der Waals surface area contributed by atoms with Crippen molar-refractivity contribution in [1.29, 1.82) is 0 Å². The topological polar surface area (TPSA) is 99.5 Å². The molecule has 4 rings (SSSR count). The van der Waals surface area contributed by atoms with Gasteiger partial charge in [-0.25, -0.2) is 4.68 Å². The molecule has 184 valence electrons. The van der Waals surface area contributed by atoms with Gasteiger partial charge in [0.25, 0.3) is 5.91 Å². The maximum Gasteiger partial charge on any atom is 0.255 e. The van der Waals surface area contributed by atoms with Gasteiger partial charge in [-0.3, -0.25) is 4.79 Å². The third kappa shape index (κ3) is 4.93. The van der Waals surface area contributed by atoms with E-state index in [2.05, 4.69) is 15.6 Å². The summed E-state index contributed by atoms with van der Waals surface area (Å²) < 4.78 is 18.4. The molecule has 0 fully saturated rings. The highest BCUT2D eigenvalue weighted by molar-refractivity contribution is 7.99. The molecule has 2 heterocycles. The highest BCUT2D eigenvalue weighted by atomic mass is 32.2. The van der Waals surface area contributed by atoms with Crippen molar-refractivity contribution in [3.8, 4) is 17.2 Å². The molecule has 35 heavy (non-hydrogen) atoms. The van der Waals surface area contributed by atoms with Crippen molar-refractivity contribution in [1.82, 2.24) is 14.8 Å². The number of hydrogen-bond acceptors (Lipinski definition) is 8. The minimum absolute atomic E-state index is 0.271. The molecule has 1 aliphatic heterocycles. The average molecular weight is 496 g/mol. The van der Waals surface area contributed by atoms with Crippen LogP contribution in [0.4, 0.5) is 11.6 Å². The van der Waals surface area contributed by atoms with Gasteiger partial charge in [0.1, 0.15) is 11.8 Å². The second-order valence-corrected chi connectivity index (χ2v) is 8.89. The molecule has 10 heteroatoms. The quantitative estimate of drug-likeness (QED) is 0.411. The molecule has 1 unspecified atom stereocenters. The molecule has 0 saturated heterocycles. The Labute approximate surface area is 208 Å². The van der Waals surface area contributed by atoms with Crippen molar-refractivity contribution in [2.24, 2.45) is 0 Å². The summed E-state index contributed by atoms with van der Waals surface area (Å²) in [6.45, 7) is 6.30. The van der Waals surface area contributed by atoms with Gasteiger partial charge in [-0.2, -0.15) is 4.98 Å². The van der Waals surface area contributed by atoms with Crippen molar-refractivity contribution >= 4 is 29.3 Å². The predicted octanol–water partition coefficient (Wildman–Crippen LogP) is 4.73. The normalized spacial score (nSPS) is 14.7. The Morgan fingerprint density at radius 2 is 1.89 bits per heavy atom. The van der Waals surface area contributed by atoms with Crippen molar-refractivity contribution in [2.45, 2.75) is 32.0 Å². The molecule has 3 aromatic rings. The third-order valence-corrected chi connectivity index (χ3v) is 6.23. The fourth-order valence-corrected chi connectivity index (χ4v) is 4.54. The van der Waals surface area contributed by atoms with Crippen LogP contribution in [0, 0.1) is 0 Å². The number of methoxy groups -OCH3 is 2. The number of aromatic nitrogens is 3. The molecule has 1 amide bonds. The number of fused-ring (bicyclic) bond motifs is 1. The molecule has 0 aliphatic carbocycles. The summed E-state index contributed by atoms with van der Waals surface area (Å²) in [7, 11) is 3.17. The first-order valence-electron chi connectivity index (χ1n) is 11.3. The summed E-state index contributed by atoms with van der Waals surface area (Å²) in [5.74, 6) is 2.91. The van der Waals surface area contributed by atoms with E-state index in [9.17, 15) is 4.79 Å². The van der Waals surface area contributed by atoms with Crippen LogP contribution in [0.1, 0.15) is 32.4 Å². The maximum atomic E-state index is 13.8. The van der Waals surface area contributed by atoms with Crippen LogP contribution in [0.15, 0.2) is 58.9 Å². The Bertz CT molecular complexity index is 1260. The second-order valence-electron chi connectivity index (χ2n) is 7.66. The van der Waals surface area contributed by atoms with Gasteiger partial charge in [-0.15, -0.1) is 5.10 Å². The van der Waals surface area contributed by atoms with E-state index in [0.717, 1.165) is 11.3 Å². The smallest absolute Gasteiger partial charge is 0.255 e. The Morgan fingerprint density at radius 1 is 1.11 bits per heavy atom. The number of allylic oxidation sites excluding steroid dienone is 1. The first kappa shape index (κ1) is 24.5. The van der Waals surface area contributed by atoms with E-state index in [1.54, 1.807) is 18.9 Å². The minimum Gasteiger partial charge on any atom is -0.493 e. The molecule has 2 N–H and O–H groups in total. The molecule has 1 aliphatic rings. The zero-order valence-electron chi connectivity index (χ0n) is 20.4. The molecule has 2 aromatic carbocycles. The average Bonchev–Trinajstić information content (AvgIpc) is 3.26. The number of amides is 1. The molecule has 0 radical (unpaired) electrons. The van der Waals surface area contributed by atoms with E-state index in [0.29, 0.717) is 51.9 Å². The molecule has 0 saturated carbocycles. The van der Waals surface area contributed by atoms with Gasteiger partial charge in [0, 0.05) is 5.70 Å². The summed E-state index contributed by atoms with van der Waals surface area (Å²) in [5, 5.41) is 11.6. The Morgan fingerprint density at radius 3 is 2.60 bits per heavy atom. The lowest BCUT2D eigenvalue weighted by atomic mass is 9.94. The van der Waals surface area contributed by atoms with Crippen LogP contribution >= 0.6 is 11.8 Å². The zero-order valence-corrected chi connectivity index (χ0v) is 21.2. The van der Waals surface area contributed by atoms with Crippen LogP contribution in [-0.4, -0.2) is 47.3 Å². The Kier molecular flexibility index (Phi) is 7.50. The Balaban J connectivity index is 1.80. The largest absolute Gasteiger partial charge is 0.493 e. The Hall–Kier alpha value is -3.66. The van der Waals surface area contributed by atoms with E-state index in [1.807, 2.05) is 63.2 Å². The van der Waals surface area contributed by atoms with Crippen molar-refractivity contribution in [3.05, 3.63) is 59.3 Å². The minimum atomic E-state index is -0.538. The van der Waals surface area contributed by atoms with Crippen LogP contribution in [0.2, 0.25) is 0 Å². The summed E-state index contributed by atoms with van der Waals surface area (Å²) >= 11 is 1.54. The van der Waals surface area contributed by atoms with E-state index >= 15 is 0 Å². The summed E-state index contributed by atoms with van der Waals surface area (Å²) in [4.78, 5) is 18.4. The fraction of sp³-hybridized carbons (Fsp3) is 0.320. The van der Waals surface area contributed by atoms with E-state index in [-0.39, 0.29) is 5.91 Å². The zero-order chi connectivity index (χ0) is 24.9. The third-order valence-electron chi connectivity index (χ3n) is 5.51. The van der Waals surface area contributed by atoms with E-state index in [4.69, 9.17) is 19.3 Å². The van der Waals surface area contributed by atoms with Gasteiger partial charge >= 0.3 is 0 Å². The SMILES string of the molecule is CCOc1ccccc1NC(=O)C1=C(C)Nc2nc(SCC)nn2C1c1ccc(OC)c(OC)c1. The van der Waals surface area contributed by atoms with Crippen molar-refractivity contribution in [3.63, 3.8) is 0 Å². The highest BCUT2D eigenvalue weighted by Gasteiger charge is 2.35. The summed E-state index contributed by atoms with van der Waals surface area (Å²) in [6.07, 6.45) is 0. The van der Waals surface area contributed by atoms with Crippen LogP contribution in [0.25, 0.3) is 0 Å². The van der Waals surface area contributed by atoms with Crippen LogP contribution in [0.3, 0.4) is 0 Å². The molecular formula is C25H29N5O4S. The van der Waals surface area contributed by atoms with Crippen LogP contribution < -0.4 is 24.8 Å². The first-order chi connectivity index (χ1) is 17.0. The second kappa shape index (κ2) is 10.7. The number of rotatable bonds is 9. The maximum absolute atomic E-state index is 13.8. The lowest BCUT2D eigenvalue weighted by Gasteiger charge is -2.29. The molecule has 0 spiro atoms. The standard InChI is InChI=1S/C25H29N5O4S/c1-6-34-18-11-9-8-10-17(18)27-23(31)21-15(3)26-24-28-25(35-7-2)29-30(24)22(21)16-12-13-19(32-4)20(14-16)33-5/h8-14,22H,6-7H2,1-5H3,(H,27,31)(H,26,28,29). The lowest BCUT2D eigenvalue weighted by molar-refractivity contribution is -0.113. The first-order valence-corrected chi connectivity index (χ1v) is 12.3. The molecule has 0 bridgehead atoms. The number of thioether (sulfide) groups is 1.